The molecule has 0 spiro atoms. The van der Waals surface area contributed by atoms with Gasteiger partial charge in [0.05, 0.1) is 0 Å². The predicted octanol–water partition coefficient (Wildman–Crippen LogP) is 3.29. The van der Waals surface area contributed by atoms with Crippen molar-refractivity contribution >= 4 is 28.8 Å². The second-order valence-corrected chi connectivity index (χ2v) is 6.74. The summed E-state index contributed by atoms with van der Waals surface area (Å²) >= 11 is 7.49. The highest BCUT2D eigenvalue weighted by molar-refractivity contribution is 7.13. The summed E-state index contributed by atoms with van der Waals surface area (Å²) in [6.45, 7) is 1.93. The van der Waals surface area contributed by atoms with Crippen molar-refractivity contribution in [2.45, 2.75) is 18.9 Å². The molecule has 1 amide bonds. The number of carbonyl (C=O) groups is 1. The van der Waals surface area contributed by atoms with E-state index in [4.69, 9.17) is 11.6 Å². The van der Waals surface area contributed by atoms with E-state index in [0.29, 0.717) is 16.8 Å². The van der Waals surface area contributed by atoms with Crippen molar-refractivity contribution in [1.82, 2.24) is 15.2 Å². The average Bonchev–Trinajstić information content (AvgIpc) is 3.04. The number of amides is 1. The predicted molar refractivity (Wildman–Crippen MR) is 90.5 cm³/mol. The molecule has 0 atom stereocenters. The molecule has 1 fully saturated rings. The molecule has 22 heavy (non-hydrogen) atoms. The molecule has 1 aliphatic rings. The molecular formula is C16H18ClN3OS. The topological polar surface area (TPSA) is 45.2 Å². The van der Waals surface area contributed by atoms with Crippen molar-refractivity contribution in [3.8, 4) is 10.6 Å². The van der Waals surface area contributed by atoms with Crippen molar-refractivity contribution < 1.29 is 4.79 Å². The van der Waals surface area contributed by atoms with Gasteiger partial charge in [0.15, 0.2) is 0 Å². The Kier molecular flexibility index (Phi) is 4.76. The van der Waals surface area contributed by atoms with Gasteiger partial charge in [-0.15, -0.1) is 11.3 Å². The third-order valence-corrected chi connectivity index (χ3v) is 5.10. The van der Waals surface area contributed by atoms with E-state index in [1.807, 2.05) is 41.6 Å². The maximum atomic E-state index is 12.6. The minimum Gasteiger partial charge on any atom is -0.337 e. The lowest BCUT2D eigenvalue weighted by Crippen LogP contribution is -2.44. The summed E-state index contributed by atoms with van der Waals surface area (Å²) in [6, 6.07) is 7.84. The molecule has 1 aromatic heterocycles. The molecule has 0 bridgehead atoms. The number of nitrogens with zero attached hydrogens (tertiary/aromatic N) is 2. The first-order valence-electron chi connectivity index (χ1n) is 7.34. The lowest BCUT2D eigenvalue weighted by Gasteiger charge is -2.31. The Morgan fingerprint density at radius 3 is 2.91 bits per heavy atom. The SMILES string of the molecule is CN(C(=O)c1csc(-c2cccc(Cl)c2)n1)C1CCNCC1. The van der Waals surface area contributed by atoms with Gasteiger partial charge in [0, 0.05) is 29.1 Å². The molecule has 1 aromatic carbocycles. The number of thiazole rings is 1. The standard InChI is InChI=1S/C16H18ClN3OS/c1-20(13-5-7-18-8-6-13)16(21)14-10-22-15(19-14)11-3-2-4-12(17)9-11/h2-4,9-10,13,18H,5-8H2,1H3. The van der Waals surface area contributed by atoms with Gasteiger partial charge in [-0.25, -0.2) is 4.98 Å². The van der Waals surface area contributed by atoms with Crippen LogP contribution in [0, 0.1) is 0 Å². The molecule has 6 heteroatoms. The fraction of sp³-hybridized carbons (Fsp3) is 0.375. The van der Waals surface area contributed by atoms with Crippen molar-refractivity contribution in [3.63, 3.8) is 0 Å². The van der Waals surface area contributed by atoms with Crippen LogP contribution in [0.2, 0.25) is 5.02 Å². The van der Waals surface area contributed by atoms with E-state index >= 15 is 0 Å². The number of benzene rings is 1. The van der Waals surface area contributed by atoms with Gasteiger partial charge in [-0.05, 0) is 38.1 Å². The molecule has 0 aliphatic carbocycles. The molecule has 3 rings (SSSR count). The Bertz CT molecular complexity index is 667. The highest BCUT2D eigenvalue weighted by atomic mass is 35.5. The van der Waals surface area contributed by atoms with E-state index in [-0.39, 0.29) is 5.91 Å². The van der Waals surface area contributed by atoms with Gasteiger partial charge >= 0.3 is 0 Å². The van der Waals surface area contributed by atoms with Gasteiger partial charge in [0.2, 0.25) is 0 Å². The lowest BCUT2D eigenvalue weighted by atomic mass is 10.1. The third kappa shape index (κ3) is 3.32. The largest absolute Gasteiger partial charge is 0.337 e. The molecule has 0 radical (unpaired) electrons. The van der Waals surface area contributed by atoms with Crippen LogP contribution in [0.15, 0.2) is 29.6 Å². The number of carbonyl (C=O) groups excluding carboxylic acids is 1. The Morgan fingerprint density at radius 2 is 2.18 bits per heavy atom. The van der Waals surface area contributed by atoms with Crippen molar-refractivity contribution in [2.24, 2.45) is 0 Å². The van der Waals surface area contributed by atoms with Gasteiger partial charge in [-0.2, -0.15) is 0 Å². The molecule has 2 aromatic rings. The summed E-state index contributed by atoms with van der Waals surface area (Å²) in [5, 5.41) is 6.64. The van der Waals surface area contributed by atoms with E-state index in [2.05, 4.69) is 10.3 Å². The van der Waals surface area contributed by atoms with Crippen LogP contribution in [0.5, 0.6) is 0 Å². The van der Waals surface area contributed by atoms with Crippen LogP contribution < -0.4 is 5.32 Å². The van der Waals surface area contributed by atoms with Crippen LogP contribution >= 0.6 is 22.9 Å². The number of nitrogens with one attached hydrogen (secondary N) is 1. The first kappa shape index (κ1) is 15.5. The van der Waals surface area contributed by atoms with Crippen molar-refractivity contribution in [3.05, 3.63) is 40.4 Å². The highest BCUT2D eigenvalue weighted by Crippen LogP contribution is 2.26. The summed E-state index contributed by atoms with van der Waals surface area (Å²) in [4.78, 5) is 18.9. The number of rotatable bonds is 3. The minimum atomic E-state index is -0.00331. The molecule has 116 valence electrons. The molecule has 0 saturated carbocycles. The first-order valence-corrected chi connectivity index (χ1v) is 8.60. The fourth-order valence-electron chi connectivity index (χ4n) is 2.67. The van der Waals surface area contributed by atoms with Crippen LogP contribution in [0.4, 0.5) is 0 Å². The molecular weight excluding hydrogens is 318 g/mol. The summed E-state index contributed by atoms with van der Waals surface area (Å²) in [6.07, 6.45) is 1.99. The van der Waals surface area contributed by atoms with Crippen LogP contribution in [-0.2, 0) is 0 Å². The summed E-state index contributed by atoms with van der Waals surface area (Å²) in [7, 11) is 1.87. The highest BCUT2D eigenvalue weighted by Gasteiger charge is 2.24. The number of piperidine rings is 1. The second kappa shape index (κ2) is 6.77. The Balaban J connectivity index is 1.76. The monoisotopic (exact) mass is 335 g/mol. The number of hydrogen-bond acceptors (Lipinski definition) is 4. The Morgan fingerprint density at radius 1 is 1.41 bits per heavy atom. The summed E-state index contributed by atoms with van der Waals surface area (Å²) < 4.78 is 0. The van der Waals surface area contributed by atoms with E-state index in [1.165, 1.54) is 11.3 Å². The van der Waals surface area contributed by atoms with Gasteiger partial charge in [0.1, 0.15) is 10.7 Å². The van der Waals surface area contributed by atoms with Gasteiger partial charge in [0.25, 0.3) is 5.91 Å². The van der Waals surface area contributed by atoms with Crippen LogP contribution in [0.25, 0.3) is 10.6 Å². The zero-order valence-electron chi connectivity index (χ0n) is 12.4. The van der Waals surface area contributed by atoms with Gasteiger partial charge in [-0.1, -0.05) is 23.7 Å². The lowest BCUT2D eigenvalue weighted by molar-refractivity contribution is 0.0698. The van der Waals surface area contributed by atoms with Crippen molar-refractivity contribution in [2.75, 3.05) is 20.1 Å². The fourth-order valence-corrected chi connectivity index (χ4v) is 3.65. The zero-order valence-corrected chi connectivity index (χ0v) is 14.0. The molecule has 4 nitrogen and oxygen atoms in total. The normalized spacial score (nSPS) is 15.7. The zero-order chi connectivity index (χ0) is 15.5. The molecule has 1 aliphatic heterocycles. The molecule has 1 saturated heterocycles. The summed E-state index contributed by atoms with van der Waals surface area (Å²) in [5.41, 5.74) is 1.46. The molecule has 2 heterocycles. The average molecular weight is 336 g/mol. The van der Waals surface area contributed by atoms with Crippen LogP contribution in [-0.4, -0.2) is 42.0 Å². The van der Waals surface area contributed by atoms with Crippen molar-refractivity contribution in [1.29, 1.82) is 0 Å². The van der Waals surface area contributed by atoms with Gasteiger partial charge in [-0.3, -0.25) is 4.79 Å². The quantitative estimate of drug-likeness (QED) is 0.936. The summed E-state index contributed by atoms with van der Waals surface area (Å²) in [5.74, 6) is -0.00331. The third-order valence-electron chi connectivity index (χ3n) is 3.97. The second-order valence-electron chi connectivity index (χ2n) is 5.45. The number of halogens is 1. The number of aromatic nitrogens is 1. The van der Waals surface area contributed by atoms with E-state index in [1.54, 1.807) is 0 Å². The smallest absolute Gasteiger partial charge is 0.273 e. The Hall–Kier alpha value is -1.43. The maximum Gasteiger partial charge on any atom is 0.273 e. The first-order chi connectivity index (χ1) is 10.6. The number of hydrogen-bond donors (Lipinski definition) is 1. The van der Waals surface area contributed by atoms with Crippen LogP contribution in [0.1, 0.15) is 23.3 Å². The maximum absolute atomic E-state index is 12.6. The van der Waals surface area contributed by atoms with E-state index in [0.717, 1.165) is 36.5 Å². The van der Waals surface area contributed by atoms with Crippen LogP contribution in [0.3, 0.4) is 0 Å². The Labute approximate surface area is 139 Å². The van der Waals surface area contributed by atoms with Gasteiger partial charge < -0.3 is 10.2 Å². The molecule has 0 unspecified atom stereocenters. The molecule has 1 N–H and O–H groups in total. The van der Waals surface area contributed by atoms with E-state index < -0.39 is 0 Å². The van der Waals surface area contributed by atoms with E-state index in [9.17, 15) is 4.79 Å². The minimum absolute atomic E-state index is 0.00331.